The first-order valence-electron chi connectivity index (χ1n) is 6.19. The lowest BCUT2D eigenvalue weighted by atomic mass is 9.93. The normalized spacial score (nSPS) is 14.6. The van der Waals surface area contributed by atoms with E-state index in [1.54, 1.807) is 0 Å². The summed E-state index contributed by atoms with van der Waals surface area (Å²) >= 11 is 7.26. The number of aryl methyl sites for hydroxylation is 1. The van der Waals surface area contributed by atoms with Gasteiger partial charge in [0.15, 0.2) is 0 Å². The molecule has 18 heavy (non-hydrogen) atoms. The average Bonchev–Trinajstić information content (AvgIpc) is 2.41. The monoisotopic (exact) mass is 368 g/mol. The van der Waals surface area contributed by atoms with E-state index in [2.05, 4.69) is 43.2 Å². The Morgan fingerprint density at radius 1 is 1.11 bits per heavy atom. The molecule has 3 rings (SSSR count). The van der Waals surface area contributed by atoms with Gasteiger partial charge in [0, 0.05) is 32.8 Å². The van der Waals surface area contributed by atoms with Crippen molar-refractivity contribution in [1.82, 2.24) is 4.98 Å². The van der Waals surface area contributed by atoms with Crippen LogP contribution in [0.2, 0.25) is 0 Å². The highest BCUT2D eigenvalue weighted by Crippen LogP contribution is 2.39. The maximum absolute atomic E-state index is 4.87. The third-order valence-electron chi connectivity index (χ3n) is 3.57. The molecule has 0 atom stereocenters. The topological polar surface area (TPSA) is 24.9 Å². The Balaban J connectivity index is 2.44. The van der Waals surface area contributed by atoms with Crippen molar-refractivity contribution in [3.05, 3.63) is 32.3 Å². The van der Waals surface area contributed by atoms with E-state index in [4.69, 9.17) is 4.98 Å². The fraction of sp³-hybridized carbons (Fsp3) is 0.357. The predicted molar refractivity (Wildman–Crippen MR) is 83.3 cm³/mol. The molecule has 2 nitrogen and oxygen atoms in total. The van der Waals surface area contributed by atoms with E-state index in [0.717, 1.165) is 27.3 Å². The largest absolute Gasteiger partial charge is 0.387 e. The van der Waals surface area contributed by atoms with Crippen LogP contribution in [0, 0.1) is 0 Å². The molecule has 0 aliphatic heterocycles. The van der Waals surface area contributed by atoms with Crippen LogP contribution in [0.4, 0.5) is 5.69 Å². The van der Waals surface area contributed by atoms with Crippen LogP contribution in [0.5, 0.6) is 0 Å². The molecule has 94 valence electrons. The zero-order valence-electron chi connectivity index (χ0n) is 10.2. The van der Waals surface area contributed by atoms with Gasteiger partial charge in [0.1, 0.15) is 0 Å². The van der Waals surface area contributed by atoms with E-state index in [1.807, 2.05) is 13.1 Å². The lowest BCUT2D eigenvalue weighted by molar-refractivity contribution is 0.672. The number of halogens is 2. The fourth-order valence-corrected chi connectivity index (χ4v) is 3.67. The van der Waals surface area contributed by atoms with Gasteiger partial charge in [0.25, 0.3) is 0 Å². The Morgan fingerprint density at radius 3 is 2.61 bits per heavy atom. The van der Waals surface area contributed by atoms with Crippen LogP contribution in [0.25, 0.3) is 10.9 Å². The smallest absolute Gasteiger partial charge is 0.0879 e. The van der Waals surface area contributed by atoms with Crippen LogP contribution in [-0.4, -0.2) is 12.0 Å². The second-order valence-corrected chi connectivity index (χ2v) is 6.33. The van der Waals surface area contributed by atoms with Crippen LogP contribution < -0.4 is 5.32 Å². The third kappa shape index (κ3) is 1.86. The van der Waals surface area contributed by atoms with Crippen molar-refractivity contribution in [2.75, 3.05) is 12.4 Å². The number of anilines is 1. The third-order valence-corrected chi connectivity index (χ3v) is 4.87. The highest BCUT2D eigenvalue weighted by atomic mass is 79.9. The summed E-state index contributed by atoms with van der Waals surface area (Å²) in [6, 6.07) is 4.12. The van der Waals surface area contributed by atoms with Crippen LogP contribution in [0.1, 0.15) is 24.1 Å². The molecular weight excluding hydrogens is 356 g/mol. The first-order valence-corrected chi connectivity index (χ1v) is 7.78. The van der Waals surface area contributed by atoms with Gasteiger partial charge in [0.05, 0.1) is 5.52 Å². The summed E-state index contributed by atoms with van der Waals surface area (Å²) in [7, 11) is 2.00. The molecule has 1 heterocycles. The van der Waals surface area contributed by atoms with Crippen molar-refractivity contribution in [2.45, 2.75) is 25.7 Å². The molecule has 0 bridgehead atoms. The first kappa shape index (κ1) is 12.4. The molecule has 1 N–H and O–H groups in total. The number of hydrogen-bond acceptors (Lipinski definition) is 2. The average molecular weight is 370 g/mol. The molecular formula is C14H14Br2N2. The van der Waals surface area contributed by atoms with Crippen molar-refractivity contribution >= 4 is 48.5 Å². The SMILES string of the molecule is CNc1c2c(nc3c(Br)ccc(Br)c13)CCCC2. The fourth-order valence-electron chi connectivity index (χ4n) is 2.73. The minimum atomic E-state index is 1.05. The Kier molecular flexibility index (Phi) is 3.32. The minimum absolute atomic E-state index is 1.05. The van der Waals surface area contributed by atoms with Crippen molar-refractivity contribution in [1.29, 1.82) is 0 Å². The molecule has 0 fully saturated rings. The Bertz CT molecular complexity index is 623. The zero-order valence-corrected chi connectivity index (χ0v) is 13.4. The number of benzene rings is 1. The molecule has 0 radical (unpaired) electrons. The highest BCUT2D eigenvalue weighted by Gasteiger charge is 2.19. The molecule has 0 spiro atoms. The molecule has 1 aliphatic rings. The van der Waals surface area contributed by atoms with Gasteiger partial charge < -0.3 is 5.32 Å². The van der Waals surface area contributed by atoms with E-state index in [0.29, 0.717) is 0 Å². The van der Waals surface area contributed by atoms with Gasteiger partial charge in [-0.2, -0.15) is 0 Å². The van der Waals surface area contributed by atoms with Gasteiger partial charge in [-0.3, -0.25) is 4.98 Å². The molecule has 2 aromatic rings. The molecule has 1 aromatic carbocycles. The standard InChI is InChI=1S/C14H14Br2N2/c1-17-13-8-4-2-3-5-11(8)18-14-10(16)7-6-9(15)12(13)14/h6-7H,2-5H2,1H3,(H,17,18). The van der Waals surface area contributed by atoms with Gasteiger partial charge in [0.2, 0.25) is 0 Å². The quantitative estimate of drug-likeness (QED) is 0.789. The van der Waals surface area contributed by atoms with Gasteiger partial charge in [-0.05, 0) is 59.3 Å². The summed E-state index contributed by atoms with van der Waals surface area (Å²) in [6.45, 7) is 0. The van der Waals surface area contributed by atoms with Gasteiger partial charge >= 0.3 is 0 Å². The van der Waals surface area contributed by atoms with E-state index in [9.17, 15) is 0 Å². The Labute approximate surface area is 123 Å². The second-order valence-electron chi connectivity index (χ2n) is 4.62. The van der Waals surface area contributed by atoms with Crippen LogP contribution in [0.3, 0.4) is 0 Å². The molecule has 4 heteroatoms. The molecule has 0 saturated heterocycles. The zero-order chi connectivity index (χ0) is 12.7. The van der Waals surface area contributed by atoms with E-state index < -0.39 is 0 Å². The number of aromatic nitrogens is 1. The van der Waals surface area contributed by atoms with Crippen molar-refractivity contribution in [2.24, 2.45) is 0 Å². The van der Waals surface area contributed by atoms with Crippen molar-refractivity contribution < 1.29 is 0 Å². The number of hydrogen-bond donors (Lipinski definition) is 1. The molecule has 1 aliphatic carbocycles. The summed E-state index contributed by atoms with van der Waals surface area (Å²) < 4.78 is 2.16. The lowest BCUT2D eigenvalue weighted by Crippen LogP contribution is -2.10. The number of nitrogens with zero attached hydrogens (tertiary/aromatic N) is 1. The highest BCUT2D eigenvalue weighted by molar-refractivity contribution is 9.11. The summed E-state index contributed by atoms with van der Waals surface area (Å²) in [5.41, 5.74) is 4.95. The predicted octanol–water partition coefficient (Wildman–Crippen LogP) is 4.68. The molecule has 0 amide bonds. The second kappa shape index (κ2) is 4.82. The van der Waals surface area contributed by atoms with Gasteiger partial charge in [-0.1, -0.05) is 15.9 Å². The summed E-state index contributed by atoms with van der Waals surface area (Å²) in [5.74, 6) is 0. The summed E-state index contributed by atoms with van der Waals surface area (Å²) in [4.78, 5) is 4.87. The number of nitrogens with one attached hydrogen (secondary N) is 1. The van der Waals surface area contributed by atoms with Crippen molar-refractivity contribution in [3.8, 4) is 0 Å². The lowest BCUT2D eigenvalue weighted by Gasteiger charge is -2.21. The maximum Gasteiger partial charge on any atom is 0.0879 e. The van der Waals surface area contributed by atoms with E-state index in [-0.39, 0.29) is 0 Å². The molecule has 0 saturated carbocycles. The number of rotatable bonds is 1. The maximum atomic E-state index is 4.87. The van der Waals surface area contributed by atoms with Crippen molar-refractivity contribution in [3.63, 3.8) is 0 Å². The molecule has 1 aromatic heterocycles. The van der Waals surface area contributed by atoms with Crippen LogP contribution in [0.15, 0.2) is 21.1 Å². The van der Waals surface area contributed by atoms with Crippen LogP contribution >= 0.6 is 31.9 Å². The minimum Gasteiger partial charge on any atom is -0.387 e. The van der Waals surface area contributed by atoms with Gasteiger partial charge in [-0.25, -0.2) is 0 Å². The van der Waals surface area contributed by atoms with Gasteiger partial charge in [-0.15, -0.1) is 0 Å². The number of pyridine rings is 1. The summed E-state index contributed by atoms with van der Waals surface area (Å²) in [6.07, 6.45) is 4.74. The van der Waals surface area contributed by atoms with E-state index >= 15 is 0 Å². The Morgan fingerprint density at radius 2 is 1.83 bits per heavy atom. The molecule has 0 unspecified atom stereocenters. The Hall–Kier alpha value is -0.610. The number of fused-ring (bicyclic) bond motifs is 2. The van der Waals surface area contributed by atoms with Crippen LogP contribution in [-0.2, 0) is 12.8 Å². The first-order chi connectivity index (χ1) is 8.72. The van der Waals surface area contributed by atoms with E-state index in [1.165, 1.54) is 35.2 Å². The summed E-state index contributed by atoms with van der Waals surface area (Å²) in [5, 5.41) is 4.56.